The number of nitrogens with zero attached hydrogens (tertiary/aromatic N) is 1. The number of benzene rings is 1. The molecule has 0 aliphatic heterocycles. The van der Waals surface area contributed by atoms with Crippen LogP contribution < -0.4 is 11.1 Å². The second kappa shape index (κ2) is 5.55. The molecule has 0 fully saturated rings. The fourth-order valence-corrected chi connectivity index (χ4v) is 1.75. The quantitative estimate of drug-likeness (QED) is 0.830. The van der Waals surface area contributed by atoms with Crippen LogP contribution in [0.1, 0.15) is 11.3 Å². The molecule has 0 aliphatic rings. The summed E-state index contributed by atoms with van der Waals surface area (Å²) in [5, 5.41) is 3.14. The zero-order chi connectivity index (χ0) is 13.0. The summed E-state index contributed by atoms with van der Waals surface area (Å²) in [5.74, 6) is -0.255. The van der Waals surface area contributed by atoms with Gasteiger partial charge in [-0.15, -0.1) is 0 Å². The topological polar surface area (TPSA) is 50.9 Å². The highest BCUT2D eigenvalue weighted by molar-refractivity contribution is 7.80. The van der Waals surface area contributed by atoms with Gasteiger partial charge in [-0.1, -0.05) is 24.4 Å². The third-order valence-corrected chi connectivity index (χ3v) is 2.61. The van der Waals surface area contributed by atoms with Gasteiger partial charge >= 0.3 is 0 Å². The van der Waals surface area contributed by atoms with Crippen molar-refractivity contribution in [3.05, 3.63) is 59.7 Å². The van der Waals surface area contributed by atoms with E-state index in [0.29, 0.717) is 12.2 Å². The van der Waals surface area contributed by atoms with Gasteiger partial charge in [-0.2, -0.15) is 0 Å². The van der Waals surface area contributed by atoms with Crippen LogP contribution in [-0.4, -0.2) is 9.97 Å². The van der Waals surface area contributed by atoms with Crippen molar-refractivity contribution in [3.63, 3.8) is 0 Å². The molecule has 0 saturated heterocycles. The molecule has 92 valence electrons. The highest BCUT2D eigenvalue weighted by Crippen LogP contribution is 2.14. The highest BCUT2D eigenvalue weighted by atomic mass is 32.1. The molecular weight excluding hydrogens is 249 g/mol. The van der Waals surface area contributed by atoms with E-state index < -0.39 is 0 Å². The van der Waals surface area contributed by atoms with Gasteiger partial charge in [-0.3, -0.25) is 4.98 Å². The number of pyridine rings is 1. The molecule has 0 atom stereocenters. The van der Waals surface area contributed by atoms with Crippen molar-refractivity contribution >= 4 is 22.9 Å². The Balaban J connectivity index is 2.13. The van der Waals surface area contributed by atoms with Crippen molar-refractivity contribution in [2.75, 3.05) is 5.32 Å². The summed E-state index contributed by atoms with van der Waals surface area (Å²) in [6.07, 6.45) is 1.63. The van der Waals surface area contributed by atoms with Crippen LogP contribution in [0.4, 0.5) is 10.1 Å². The maximum absolute atomic E-state index is 13.0. The fourth-order valence-electron chi connectivity index (χ4n) is 1.59. The average Bonchev–Trinajstić information content (AvgIpc) is 2.37. The predicted molar refractivity (Wildman–Crippen MR) is 73.9 cm³/mol. The molecule has 1 aromatic heterocycles. The van der Waals surface area contributed by atoms with Crippen LogP contribution in [0.15, 0.2) is 42.6 Å². The van der Waals surface area contributed by atoms with Crippen LogP contribution in [0.2, 0.25) is 0 Å². The molecule has 18 heavy (non-hydrogen) atoms. The Bertz CT molecular complexity index is 572. The number of anilines is 1. The minimum atomic E-state index is -0.255. The first-order chi connectivity index (χ1) is 8.66. The van der Waals surface area contributed by atoms with Gasteiger partial charge in [0, 0.05) is 12.7 Å². The van der Waals surface area contributed by atoms with Crippen LogP contribution in [0.25, 0.3) is 0 Å². The molecule has 0 bridgehead atoms. The number of hydrogen-bond donors (Lipinski definition) is 2. The number of aromatic nitrogens is 1. The molecule has 2 rings (SSSR count). The number of hydrogen-bond acceptors (Lipinski definition) is 3. The molecule has 0 radical (unpaired) electrons. The van der Waals surface area contributed by atoms with E-state index in [1.807, 2.05) is 12.1 Å². The Kier molecular flexibility index (Phi) is 3.84. The standard InChI is InChI=1S/C13H12FN3S/c14-10-4-1-3-9(7-10)8-17-11-5-2-6-16-12(11)13(15)18/h1-7,17H,8H2,(H2,15,18). The number of nitrogens with one attached hydrogen (secondary N) is 1. The van der Waals surface area contributed by atoms with E-state index in [1.165, 1.54) is 12.1 Å². The average molecular weight is 261 g/mol. The molecular formula is C13H12FN3S. The summed E-state index contributed by atoms with van der Waals surface area (Å²) in [4.78, 5) is 4.34. The van der Waals surface area contributed by atoms with Crippen LogP contribution in [0, 0.1) is 5.82 Å². The van der Waals surface area contributed by atoms with Gasteiger partial charge in [-0.05, 0) is 29.8 Å². The van der Waals surface area contributed by atoms with Crippen molar-refractivity contribution in [2.45, 2.75) is 6.54 Å². The molecule has 0 aliphatic carbocycles. The number of nitrogens with two attached hydrogens (primary N) is 1. The normalized spacial score (nSPS) is 10.1. The van der Waals surface area contributed by atoms with E-state index in [0.717, 1.165) is 11.3 Å². The van der Waals surface area contributed by atoms with E-state index in [4.69, 9.17) is 18.0 Å². The molecule has 1 heterocycles. The summed E-state index contributed by atoms with van der Waals surface area (Å²) in [6.45, 7) is 0.485. The Hall–Kier alpha value is -2.01. The minimum absolute atomic E-state index is 0.234. The van der Waals surface area contributed by atoms with Gasteiger partial charge in [0.05, 0.1) is 5.69 Å². The monoisotopic (exact) mass is 261 g/mol. The molecule has 0 spiro atoms. The first-order valence-corrected chi connectivity index (χ1v) is 5.81. The summed E-state index contributed by atoms with van der Waals surface area (Å²) >= 11 is 4.92. The van der Waals surface area contributed by atoms with E-state index >= 15 is 0 Å². The van der Waals surface area contributed by atoms with Crippen LogP contribution in [-0.2, 0) is 6.54 Å². The van der Waals surface area contributed by atoms with E-state index in [-0.39, 0.29) is 10.8 Å². The van der Waals surface area contributed by atoms with Gasteiger partial charge in [0.15, 0.2) is 0 Å². The number of halogens is 1. The van der Waals surface area contributed by atoms with Crippen LogP contribution in [0.5, 0.6) is 0 Å². The lowest BCUT2D eigenvalue weighted by molar-refractivity contribution is 0.626. The van der Waals surface area contributed by atoms with Crippen molar-refractivity contribution in [1.29, 1.82) is 0 Å². The third-order valence-electron chi connectivity index (χ3n) is 2.41. The van der Waals surface area contributed by atoms with E-state index in [2.05, 4.69) is 10.3 Å². The molecule has 3 N–H and O–H groups in total. The second-order valence-corrected chi connectivity index (χ2v) is 4.19. The first kappa shape index (κ1) is 12.4. The lowest BCUT2D eigenvalue weighted by Gasteiger charge is -2.10. The summed E-state index contributed by atoms with van der Waals surface area (Å²) < 4.78 is 13.0. The first-order valence-electron chi connectivity index (χ1n) is 5.40. The maximum Gasteiger partial charge on any atom is 0.124 e. The third kappa shape index (κ3) is 3.01. The predicted octanol–water partition coefficient (Wildman–Crippen LogP) is 2.47. The lowest BCUT2D eigenvalue weighted by atomic mass is 10.2. The Labute approximate surface area is 110 Å². The van der Waals surface area contributed by atoms with Gasteiger partial charge in [0.25, 0.3) is 0 Å². The zero-order valence-corrected chi connectivity index (χ0v) is 10.4. The zero-order valence-electron chi connectivity index (χ0n) is 9.56. The molecule has 0 unspecified atom stereocenters. The molecule has 5 heteroatoms. The largest absolute Gasteiger partial charge is 0.388 e. The van der Waals surface area contributed by atoms with Crippen molar-refractivity contribution < 1.29 is 4.39 Å². The summed E-state index contributed by atoms with van der Waals surface area (Å²) in [5.41, 5.74) is 7.71. The number of rotatable bonds is 4. The lowest BCUT2D eigenvalue weighted by Crippen LogP contribution is -2.15. The Morgan fingerprint density at radius 3 is 2.89 bits per heavy atom. The molecule has 1 aromatic carbocycles. The highest BCUT2D eigenvalue weighted by Gasteiger charge is 2.05. The SMILES string of the molecule is NC(=S)c1ncccc1NCc1cccc(F)c1. The van der Waals surface area contributed by atoms with Gasteiger partial charge in [0.2, 0.25) is 0 Å². The van der Waals surface area contributed by atoms with Crippen molar-refractivity contribution in [3.8, 4) is 0 Å². The molecule has 0 amide bonds. The van der Waals surface area contributed by atoms with Crippen molar-refractivity contribution in [1.82, 2.24) is 4.98 Å². The van der Waals surface area contributed by atoms with Crippen LogP contribution in [0.3, 0.4) is 0 Å². The molecule has 0 saturated carbocycles. The molecule has 2 aromatic rings. The smallest absolute Gasteiger partial charge is 0.124 e. The van der Waals surface area contributed by atoms with E-state index in [1.54, 1.807) is 18.3 Å². The Morgan fingerprint density at radius 2 is 2.17 bits per heavy atom. The van der Waals surface area contributed by atoms with Gasteiger partial charge in [-0.25, -0.2) is 4.39 Å². The second-order valence-electron chi connectivity index (χ2n) is 3.75. The fraction of sp³-hybridized carbons (Fsp3) is 0.0769. The van der Waals surface area contributed by atoms with Crippen molar-refractivity contribution in [2.24, 2.45) is 5.73 Å². The number of thiocarbonyl (C=S) groups is 1. The van der Waals surface area contributed by atoms with Gasteiger partial charge < -0.3 is 11.1 Å². The summed E-state index contributed by atoms with van der Waals surface area (Å²) in [7, 11) is 0. The van der Waals surface area contributed by atoms with Crippen LogP contribution >= 0.6 is 12.2 Å². The van der Waals surface area contributed by atoms with E-state index in [9.17, 15) is 4.39 Å². The summed E-state index contributed by atoms with van der Waals surface area (Å²) in [6, 6.07) is 10.0. The Morgan fingerprint density at radius 1 is 1.33 bits per heavy atom. The minimum Gasteiger partial charge on any atom is -0.388 e. The van der Waals surface area contributed by atoms with Gasteiger partial charge in [0.1, 0.15) is 16.5 Å². The maximum atomic E-state index is 13.0. The molecule has 3 nitrogen and oxygen atoms in total.